The number of ether oxygens (including phenoxy) is 1. The van der Waals surface area contributed by atoms with Crippen LogP contribution in [0.2, 0.25) is 0 Å². The highest BCUT2D eigenvalue weighted by Gasteiger charge is 2.24. The van der Waals surface area contributed by atoms with E-state index >= 15 is 0 Å². The van der Waals surface area contributed by atoms with Crippen molar-refractivity contribution in [1.82, 2.24) is 26.7 Å². The Morgan fingerprint density at radius 1 is 0.870 bits per heavy atom. The zero-order valence-corrected chi connectivity index (χ0v) is 32.1. The molecule has 0 aliphatic heterocycles. The minimum absolute atomic E-state index is 0. The van der Waals surface area contributed by atoms with Gasteiger partial charge in [0.25, 0.3) is 11.8 Å². The van der Waals surface area contributed by atoms with Crippen LogP contribution in [0.4, 0.5) is 10.5 Å². The molecule has 3 amide bonds. The fourth-order valence-electron chi connectivity index (χ4n) is 5.78. The van der Waals surface area contributed by atoms with Crippen molar-refractivity contribution >= 4 is 34.9 Å². The summed E-state index contributed by atoms with van der Waals surface area (Å²) in [4.78, 5) is 45.5. The summed E-state index contributed by atoms with van der Waals surface area (Å²) in [7, 11) is 1.71. The number of carbonyl (C=O) groups is 3. The molecule has 0 radical (unpaired) electrons. The van der Waals surface area contributed by atoms with Gasteiger partial charge in [0, 0.05) is 48.0 Å². The van der Waals surface area contributed by atoms with Gasteiger partial charge in [-0.15, -0.1) is 11.3 Å². The molecule has 1 aromatic heterocycles. The standard InChI is InChI=1S/C42H47N5O5S.H3N/c1-28(2)35-18-32(19-36(22-35)45-42(51)52-26-31-14-9-6-10-15-31)23-43-24-38(48)37(20-30-12-7-5-8-13-30)46-40(49)33-16-11-17-34(21-33)41(50)47(4)25-39-44-29(3)27-53-39;/h5-19,21-22,27-28,37-38,43,48H,20,23-26H2,1-4H3,(H,45,51)(H,46,49);1H3. The Kier molecular flexibility index (Phi) is 15.4. The third-order valence-corrected chi connectivity index (χ3v) is 9.61. The number of benzene rings is 4. The first-order chi connectivity index (χ1) is 25.5. The fourth-order valence-corrected chi connectivity index (χ4v) is 6.60. The third-order valence-electron chi connectivity index (χ3n) is 8.66. The number of aryl methyl sites for hydroxylation is 1. The second-order valence-electron chi connectivity index (χ2n) is 13.4. The Morgan fingerprint density at radius 3 is 2.22 bits per heavy atom. The number of rotatable bonds is 16. The molecule has 0 saturated heterocycles. The van der Waals surface area contributed by atoms with Crippen molar-refractivity contribution < 1.29 is 24.2 Å². The zero-order chi connectivity index (χ0) is 37.7. The Hall–Kier alpha value is -5.40. The predicted octanol–water partition coefficient (Wildman–Crippen LogP) is 7.25. The van der Waals surface area contributed by atoms with Crippen LogP contribution in [0.25, 0.3) is 0 Å². The van der Waals surface area contributed by atoms with Crippen molar-refractivity contribution in [2.75, 3.05) is 18.9 Å². The number of thiazole rings is 1. The molecular weight excluding hydrogens is 701 g/mol. The van der Waals surface area contributed by atoms with Gasteiger partial charge in [0.2, 0.25) is 0 Å². The second kappa shape index (κ2) is 20.2. The summed E-state index contributed by atoms with van der Waals surface area (Å²) in [5.41, 5.74) is 6.05. The van der Waals surface area contributed by atoms with E-state index in [0.717, 1.165) is 33.0 Å². The van der Waals surface area contributed by atoms with Crippen LogP contribution in [0.1, 0.15) is 73.4 Å². The van der Waals surface area contributed by atoms with Crippen LogP contribution in [0.15, 0.2) is 109 Å². The van der Waals surface area contributed by atoms with Gasteiger partial charge in [0.1, 0.15) is 11.6 Å². The first kappa shape index (κ1) is 41.4. The number of hydrogen-bond acceptors (Lipinski definition) is 9. The van der Waals surface area contributed by atoms with E-state index in [4.69, 9.17) is 4.74 Å². The Labute approximate surface area is 321 Å². The fraction of sp³-hybridized carbons (Fsp3) is 0.286. The lowest BCUT2D eigenvalue weighted by molar-refractivity contribution is 0.0784. The van der Waals surface area contributed by atoms with Crippen molar-refractivity contribution in [1.29, 1.82) is 0 Å². The van der Waals surface area contributed by atoms with Gasteiger partial charge in [-0.25, -0.2) is 9.78 Å². The minimum Gasteiger partial charge on any atom is -0.444 e. The van der Waals surface area contributed by atoms with Gasteiger partial charge in [-0.1, -0.05) is 86.6 Å². The van der Waals surface area contributed by atoms with Gasteiger partial charge in [-0.3, -0.25) is 14.9 Å². The van der Waals surface area contributed by atoms with E-state index in [1.165, 1.54) is 11.3 Å². The maximum Gasteiger partial charge on any atom is 0.411 e. The van der Waals surface area contributed by atoms with Crippen LogP contribution in [0.3, 0.4) is 0 Å². The van der Waals surface area contributed by atoms with Crippen LogP contribution < -0.4 is 22.1 Å². The van der Waals surface area contributed by atoms with Crippen molar-refractivity contribution in [3.63, 3.8) is 0 Å². The monoisotopic (exact) mass is 750 g/mol. The second-order valence-corrected chi connectivity index (χ2v) is 14.3. The highest BCUT2D eigenvalue weighted by atomic mass is 32.1. The van der Waals surface area contributed by atoms with E-state index < -0.39 is 24.1 Å². The van der Waals surface area contributed by atoms with Gasteiger partial charge < -0.3 is 31.5 Å². The average molecular weight is 751 g/mol. The zero-order valence-electron chi connectivity index (χ0n) is 31.2. The molecule has 0 bridgehead atoms. The molecule has 0 aliphatic rings. The molecule has 0 aliphatic carbocycles. The largest absolute Gasteiger partial charge is 0.444 e. The highest BCUT2D eigenvalue weighted by molar-refractivity contribution is 7.09. The number of nitrogens with one attached hydrogen (secondary N) is 3. The molecule has 12 heteroatoms. The van der Waals surface area contributed by atoms with E-state index in [-0.39, 0.29) is 31.1 Å². The minimum atomic E-state index is -0.948. The third kappa shape index (κ3) is 12.3. The molecule has 0 fully saturated rings. The molecule has 0 saturated carbocycles. The molecular formula is C42H50N6O5S. The van der Waals surface area contributed by atoms with Crippen molar-refractivity contribution in [2.24, 2.45) is 0 Å². The number of amides is 3. The maximum atomic E-state index is 13.6. The first-order valence-electron chi connectivity index (χ1n) is 17.7. The van der Waals surface area contributed by atoms with E-state index in [2.05, 4.69) is 40.8 Å². The summed E-state index contributed by atoms with van der Waals surface area (Å²) in [6.07, 6.45) is -1.10. The Balaban J connectivity index is 0.00000650. The Bertz CT molecular complexity index is 1970. The summed E-state index contributed by atoms with van der Waals surface area (Å²) < 4.78 is 5.42. The summed E-state index contributed by atoms with van der Waals surface area (Å²) in [6, 6.07) is 31.0. The van der Waals surface area contributed by atoms with Gasteiger partial charge in [0.15, 0.2) is 0 Å². The van der Waals surface area contributed by atoms with Gasteiger partial charge >= 0.3 is 6.09 Å². The van der Waals surface area contributed by atoms with Crippen LogP contribution in [0.5, 0.6) is 0 Å². The lowest BCUT2D eigenvalue weighted by Crippen LogP contribution is -2.48. The summed E-state index contributed by atoms with van der Waals surface area (Å²) in [6.45, 7) is 7.21. The summed E-state index contributed by atoms with van der Waals surface area (Å²) in [5.74, 6) is -0.401. The van der Waals surface area contributed by atoms with Crippen LogP contribution in [-0.4, -0.2) is 58.6 Å². The van der Waals surface area contributed by atoms with Crippen LogP contribution in [-0.2, 0) is 30.9 Å². The van der Waals surface area contributed by atoms with Gasteiger partial charge in [-0.2, -0.15) is 0 Å². The van der Waals surface area contributed by atoms with E-state index in [0.29, 0.717) is 36.3 Å². The molecule has 0 spiro atoms. The SMILES string of the molecule is Cc1csc(CN(C)C(=O)c2cccc(C(=O)NC(Cc3ccccc3)C(O)CNCc3cc(NC(=O)OCc4ccccc4)cc(C(C)C)c3)c2)n1.N. The average Bonchev–Trinajstić information content (AvgIpc) is 3.57. The highest BCUT2D eigenvalue weighted by Crippen LogP contribution is 2.22. The lowest BCUT2D eigenvalue weighted by Gasteiger charge is -2.25. The van der Waals surface area contributed by atoms with E-state index in [1.54, 1.807) is 36.2 Å². The van der Waals surface area contributed by atoms with Crippen molar-refractivity contribution in [3.05, 3.63) is 153 Å². The number of carbonyl (C=O) groups excluding carboxylic acids is 3. The molecule has 5 aromatic rings. The molecule has 54 heavy (non-hydrogen) atoms. The van der Waals surface area contributed by atoms with E-state index in [9.17, 15) is 19.5 Å². The molecule has 7 N–H and O–H groups in total. The number of aliphatic hydroxyl groups excluding tert-OH is 1. The van der Waals surface area contributed by atoms with Crippen molar-refractivity contribution in [2.45, 2.75) is 65.0 Å². The van der Waals surface area contributed by atoms with Crippen LogP contribution in [0, 0.1) is 6.92 Å². The summed E-state index contributed by atoms with van der Waals surface area (Å²) in [5, 5.41) is 23.4. The number of aromatic nitrogens is 1. The summed E-state index contributed by atoms with van der Waals surface area (Å²) >= 11 is 1.50. The smallest absolute Gasteiger partial charge is 0.411 e. The number of hydrogen-bond donors (Lipinski definition) is 5. The molecule has 284 valence electrons. The van der Waals surface area contributed by atoms with Gasteiger partial charge in [0.05, 0.1) is 18.7 Å². The molecule has 1 heterocycles. The first-order valence-corrected chi connectivity index (χ1v) is 18.5. The van der Waals surface area contributed by atoms with Crippen LogP contribution >= 0.6 is 11.3 Å². The van der Waals surface area contributed by atoms with E-state index in [1.807, 2.05) is 85.1 Å². The molecule has 11 nitrogen and oxygen atoms in total. The number of nitrogens with zero attached hydrogens (tertiary/aromatic N) is 2. The lowest BCUT2D eigenvalue weighted by atomic mass is 9.99. The maximum absolute atomic E-state index is 13.6. The predicted molar refractivity (Wildman–Crippen MR) is 214 cm³/mol. The van der Waals surface area contributed by atoms with Crippen molar-refractivity contribution in [3.8, 4) is 0 Å². The molecule has 4 aromatic carbocycles. The van der Waals surface area contributed by atoms with Gasteiger partial charge in [-0.05, 0) is 71.8 Å². The number of aliphatic hydroxyl groups is 1. The molecule has 2 unspecified atom stereocenters. The topological polar surface area (TPSA) is 168 Å². The normalized spacial score (nSPS) is 12.0. The Morgan fingerprint density at radius 2 is 1.56 bits per heavy atom. The molecule has 5 rings (SSSR count). The molecule has 2 atom stereocenters. The quantitative estimate of drug-likeness (QED) is 0.0703. The number of anilines is 1.